The van der Waals surface area contributed by atoms with Crippen LogP contribution >= 0.6 is 11.3 Å². The molecule has 0 aliphatic heterocycles. The Morgan fingerprint density at radius 3 is 2.44 bits per heavy atom. The Bertz CT molecular complexity index is 829. The van der Waals surface area contributed by atoms with Crippen LogP contribution in [0.2, 0.25) is 0 Å². The van der Waals surface area contributed by atoms with Gasteiger partial charge in [0.25, 0.3) is 15.9 Å². The maximum absolute atomic E-state index is 12.3. The molecule has 1 aliphatic rings. The molecule has 2 aromatic rings. The summed E-state index contributed by atoms with van der Waals surface area (Å²) in [5.74, 6) is -0.410. The minimum absolute atomic E-state index is 0.122. The lowest BCUT2D eigenvalue weighted by Gasteiger charge is -2.07. The van der Waals surface area contributed by atoms with Gasteiger partial charge in [-0.2, -0.15) is 0 Å². The highest BCUT2D eigenvalue weighted by atomic mass is 32.2. The maximum atomic E-state index is 12.3. The number of aryl methyl sites for hydroxylation is 3. The highest BCUT2D eigenvalue weighted by molar-refractivity contribution is 7.89. The van der Waals surface area contributed by atoms with Gasteiger partial charge in [0.1, 0.15) is 0 Å². The van der Waals surface area contributed by atoms with Gasteiger partial charge in [-0.15, -0.1) is 16.2 Å². The van der Waals surface area contributed by atoms with Gasteiger partial charge in [-0.3, -0.25) is 10.2 Å². The Hall–Kier alpha value is -1.70. The number of nitrogens with one attached hydrogen (secondary N) is 2. The first-order valence-corrected chi connectivity index (χ1v) is 10.8. The molecule has 134 valence electrons. The lowest BCUT2D eigenvalue weighted by molar-refractivity contribution is 0.0949. The molecule has 1 amide bonds. The molecular formula is C18H22N2O3S2. The third kappa shape index (κ3) is 4.48. The highest BCUT2D eigenvalue weighted by Crippen LogP contribution is 2.28. The Kier molecular flexibility index (Phi) is 5.56. The molecule has 0 spiro atoms. The predicted molar refractivity (Wildman–Crippen MR) is 99.2 cm³/mol. The molecule has 1 aromatic carbocycles. The third-order valence-electron chi connectivity index (χ3n) is 4.35. The van der Waals surface area contributed by atoms with Gasteiger partial charge in [0.05, 0.1) is 9.77 Å². The van der Waals surface area contributed by atoms with Crippen molar-refractivity contribution in [2.75, 3.05) is 0 Å². The molecule has 0 bridgehead atoms. The van der Waals surface area contributed by atoms with Gasteiger partial charge >= 0.3 is 0 Å². The first-order valence-electron chi connectivity index (χ1n) is 8.46. The first-order chi connectivity index (χ1) is 12.0. The normalized spacial score (nSPS) is 15.1. The van der Waals surface area contributed by atoms with Gasteiger partial charge in [-0.05, 0) is 56.4 Å². The van der Waals surface area contributed by atoms with Crippen LogP contribution < -0.4 is 10.3 Å². The van der Waals surface area contributed by atoms with Crippen LogP contribution in [0.25, 0.3) is 0 Å². The summed E-state index contributed by atoms with van der Waals surface area (Å²) in [5, 5.41) is 0. The predicted octanol–water partition coefficient (Wildman–Crippen LogP) is 3.34. The minimum Gasteiger partial charge on any atom is -0.273 e. The molecule has 0 atom stereocenters. The maximum Gasteiger partial charge on any atom is 0.276 e. The van der Waals surface area contributed by atoms with Gasteiger partial charge in [0.2, 0.25) is 0 Å². The van der Waals surface area contributed by atoms with E-state index in [1.54, 1.807) is 12.1 Å². The van der Waals surface area contributed by atoms with Crippen LogP contribution in [-0.4, -0.2) is 14.3 Å². The van der Waals surface area contributed by atoms with E-state index in [2.05, 4.69) is 10.3 Å². The van der Waals surface area contributed by atoms with Crippen LogP contribution in [0, 0.1) is 6.92 Å². The molecular weight excluding hydrogens is 356 g/mol. The number of sulfonamides is 1. The molecule has 2 N–H and O–H groups in total. The van der Waals surface area contributed by atoms with Crippen molar-refractivity contribution >= 4 is 27.3 Å². The largest absolute Gasteiger partial charge is 0.276 e. The lowest BCUT2D eigenvalue weighted by Crippen LogP contribution is -2.41. The number of carbonyl (C=O) groups is 1. The monoisotopic (exact) mass is 378 g/mol. The van der Waals surface area contributed by atoms with Crippen LogP contribution in [0.3, 0.4) is 0 Å². The fourth-order valence-electron chi connectivity index (χ4n) is 2.91. The number of carbonyl (C=O) groups excluding carboxylic acids is 1. The van der Waals surface area contributed by atoms with Crippen molar-refractivity contribution in [3.63, 3.8) is 0 Å². The second kappa shape index (κ2) is 7.68. The summed E-state index contributed by atoms with van der Waals surface area (Å²) in [4.78, 5) is 16.4. The Morgan fingerprint density at radius 2 is 1.72 bits per heavy atom. The van der Waals surface area contributed by atoms with E-state index in [0.29, 0.717) is 4.88 Å². The van der Waals surface area contributed by atoms with Gasteiger partial charge in [0, 0.05) is 4.88 Å². The number of benzene rings is 1. The zero-order valence-corrected chi connectivity index (χ0v) is 15.8. The molecule has 1 aliphatic carbocycles. The second-order valence-corrected chi connectivity index (χ2v) is 9.17. The van der Waals surface area contributed by atoms with Crippen molar-refractivity contribution < 1.29 is 13.2 Å². The van der Waals surface area contributed by atoms with E-state index in [1.165, 1.54) is 46.8 Å². The summed E-state index contributed by atoms with van der Waals surface area (Å²) < 4.78 is 24.5. The fourth-order valence-corrected chi connectivity index (χ4v) is 4.90. The zero-order chi connectivity index (χ0) is 17.9. The highest BCUT2D eigenvalue weighted by Gasteiger charge is 2.19. The van der Waals surface area contributed by atoms with Gasteiger partial charge in [0.15, 0.2) is 0 Å². The summed E-state index contributed by atoms with van der Waals surface area (Å²) in [5.41, 5.74) is 4.53. The standard InChI is InChI=1S/C18H22N2O3S2/c1-13-8-10-15(11-9-13)25(22,23)20-19-18(21)17-12-14-6-4-2-3-5-7-16(14)24-17/h8-12,20H,2-7H2,1H3,(H,19,21). The Labute approximate surface area is 152 Å². The van der Waals surface area contributed by atoms with E-state index in [4.69, 9.17) is 0 Å². The molecule has 7 heteroatoms. The molecule has 1 aromatic heterocycles. The number of amides is 1. The minimum atomic E-state index is -3.77. The van der Waals surface area contributed by atoms with Crippen LogP contribution in [0.5, 0.6) is 0 Å². The average Bonchev–Trinajstić information content (AvgIpc) is 2.95. The van der Waals surface area contributed by atoms with E-state index < -0.39 is 15.9 Å². The van der Waals surface area contributed by atoms with Crippen LogP contribution in [0.15, 0.2) is 35.2 Å². The van der Waals surface area contributed by atoms with Crippen molar-refractivity contribution in [2.24, 2.45) is 0 Å². The number of fused-ring (bicyclic) bond motifs is 1. The smallest absolute Gasteiger partial charge is 0.273 e. The second-order valence-electron chi connectivity index (χ2n) is 6.35. The molecule has 25 heavy (non-hydrogen) atoms. The number of thiophene rings is 1. The molecule has 0 fully saturated rings. The number of hydrogen-bond acceptors (Lipinski definition) is 4. The Balaban J connectivity index is 1.68. The Morgan fingerprint density at radius 1 is 1.04 bits per heavy atom. The molecule has 0 saturated heterocycles. The SMILES string of the molecule is Cc1ccc(S(=O)(=O)NNC(=O)c2cc3c(s2)CCCCCC3)cc1. The van der Waals surface area contributed by atoms with E-state index >= 15 is 0 Å². The van der Waals surface area contributed by atoms with Crippen molar-refractivity contribution in [3.8, 4) is 0 Å². The van der Waals surface area contributed by atoms with Crippen molar-refractivity contribution in [1.82, 2.24) is 10.3 Å². The van der Waals surface area contributed by atoms with Crippen molar-refractivity contribution in [1.29, 1.82) is 0 Å². The first kappa shape index (κ1) is 18.1. The van der Waals surface area contributed by atoms with Crippen LogP contribution in [-0.2, 0) is 22.9 Å². The zero-order valence-electron chi connectivity index (χ0n) is 14.2. The fraction of sp³-hybridized carbons (Fsp3) is 0.389. The molecule has 0 radical (unpaired) electrons. The topological polar surface area (TPSA) is 75.3 Å². The van der Waals surface area contributed by atoms with Gasteiger partial charge < -0.3 is 0 Å². The summed E-state index contributed by atoms with van der Waals surface area (Å²) in [7, 11) is -3.77. The summed E-state index contributed by atoms with van der Waals surface area (Å²) in [6, 6.07) is 8.37. The van der Waals surface area contributed by atoms with Gasteiger partial charge in [-0.1, -0.05) is 30.5 Å². The number of hydrogen-bond donors (Lipinski definition) is 2. The van der Waals surface area contributed by atoms with E-state index in [9.17, 15) is 13.2 Å². The van der Waals surface area contributed by atoms with E-state index in [0.717, 1.165) is 31.2 Å². The lowest BCUT2D eigenvalue weighted by atomic mass is 10.00. The van der Waals surface area contributed by atoms with Crippen LogP contribution in [0.1, 0.15) is 51.4 Å². The molecule has 5 nitrogen and oxygen atoms in total. The van der Waals surface area contributed by atoms with Crippen molar-refractivity contribution in [2.45, 2.75) is 50.3 Å². The number of hydrazine groups is 1. The summed E-state index contributed by atoms with van der Waals surface area (Å²) in [6.45, 7) is 1.88. The van der Waals surface area contributed by atoms with E-state index in [1.807, 2.05) is 13.0 Å². The van der Waals surface area contributed by atoms with E-state index in [-0.39, 0.29) is 4.90 Å². The molecule has 3 rings (SSSR count). The molecule has 1 heterocycles. The summed E-state index contributed by atoms with van der Waals surface area (Å²) in [6.07, 6.45) is 6.75. The third-order valence-corrected chi connectivity index (χ3v) is 6.85. The summed E-state index contributed by atoms with van der Waals surface area (Å²) >= 11 is 1.47. The average molecular weight is 379 g/mol. The number of rotatable bonds is 4. The van der Waals surface area contributed by atoms with Gasteiger partial charge in [-0.25, -0.2) is 8.42 Å². The quantitative estimate of drug-likeness (QED) is 0.801. The molecule has 0 unspecified atom stereocenters. The molecule has 0 saturated carbocycles. The van der Waals surface area contributed by atoms with Crippen molar-refractivity contribution in [3.05, 3.63) is 51.2 Å². The van der Waals surface area contributed by atoms with Crippen LogP contribution in [0.4, 0.5) is 0 Å².